The number of nitrogens with zero attached hydrogens (tertiary/aromatic N) is 1. The molecule has 1 nitrogen and oxygen atoms in total. The van der Waals surface area contributed by atoms with Crippen LogP contribution in [-0.4, -0.2) is 0 Å². The molecule has 4 aliphatic rings. The highest BCUT2D eigenvalue weighted by molar-refractivity contribution is 6.08. The fraction of sp³-hybridized carbons (Fsp3) is 0.167. The van der Waals surface area contributed by atoms with Gasteiger partial charge >= 0.3 is 0 Å². The van der Waals surface area contributed by atoms with Crippen LogP contribution in [-0.2, 0) is 10.8 Å². The molecule has 0 amide bonds. The van der Waals surface area contributed by atoms with Crippen LogP contribution >= 0.6 is 0 Å². The summed E-state index contributed by atoms with van der Waals surface area (Å²) in [5, 5.41) is 5.15. The Balaban J connectivity index is 0.961. The summed E-state index contributed by atoms with van der Waals surface area (Å²) in [6, 6.07) is 71.4. The van der Waals surface area contributed by atoms with E-state index in [9.17, 15) is 0 Å². The highest BCUT2D eigenvalue weighted by Gasteiger charge is 2.56. The molecule has 0 aliphatic heterocycles. The lowest BCUT2D eigenvalue weighted by Crippen LogP contribution is -2.32. The van der Waals surface area contributed by atoms with E-state index >= 15 is 0 Å². The SMILES string of the molecule is CC1(C)c2ccccc2-c2cccc(-c3cccc(N(c4ccc(-c5ccc6c(ccc7ccccc76)c5)cc4)c4ccc5c(c4)C4(CC6CCC4C6)c4ccccc4-5)c3)c21. The molecule has 2 fully saturated rings. The van der Waals surface area contributed by atoms with E-state index in [2.05, 4.69) is 207 Å². The Hall–Kier alpha value is -6.70. The lowest BCUT2D eigenvalue weighted by atomic mass is 9.67. The van der Waals surface area contributed by atoms with Gasteiger partial charge in [-0.15, -0.1) is 0 Å². The quantitative estimate of drug-likeness (QED) is 0.157. The molecule has 0 heterocycles. The predicted molar refractivity (Wildman–Crippen MR) is 256 cm³/mol. The molecule has 1 heteroatoms. The molecule has 3 atom stereocenters. The van der Waals surface area contributed by atoms with Gasteiger partial charge in [-0.1, -0.05) is 166 Å². The zero-order valence-electron chi connectivity index (χ0n) is 34.8. The van der Waals surface area contributed by atoms with Crippen LogP contribution in [0.1, 0.15) is 61.8 Å². The summed E-state index contributed by atoms with van der Waals surface area (Å²) in [5.74, 6) is 1.53. The molecule has 9 aromatic carbocycles. The molecular weight excluding hydrogens is 735 g/mol. The molecule has 1 spiro atoms. The molecule has 4 aliphatic carbocycles. The predicted octanol–water partition coefficient (Wildman–Crippen LogP) is 16.2. The Kier molecular flexibility index (Phi) is 7.42. The number of hydrogen-bond donors (Lipinski definition) is 0. The van der Waals surface area contributed by atoms with E-state index in [1.165, 1.54) is 114 Å². The fourth-order valence-electron chi connectivity index (χ4n) is 12.9. The first kappa shape index (κ1) is 35.1. The minimum absolute atomic E-state index is 0.103. The summed E-state index contributed by atoms with van der Waals surface area (Å²) in [7, 11) is 0. The van der Waals surface area contributed by atoms with Crippen molar-refractivity contribution in [2.45, 2.75) is 50.4 Å². The summed E-state index contributed by atoms with van der Waals surface area (Å²) >= 11 is 0. The third-order valence-corrected chi connectivity index (χ3v) is 15.5. The van der Waals surface area contributed by atoms with Crippen molar-refractivity contribution in [1.29, 1.82) is 0 Å². The first-order chi connectivity index (χ1) is 30.0. The molecule has 3 unspecified atom stereocenters. The molecule has 0 N–H and O–H groups in total. The van der Waals surface area contributed by atoms with Crippen LogP contribution in [0.4, 0.5) is 17.1 Å². The molecule has 61 heavy (non-hydrogen) atoms. The maximum Gasteiger partial charge on any atom is 0.0467 e. The van der Waals surface area contributed by atoms with Gasteiger partial charge in [0.2, 0.25) is 0 Å². The average molecular weight is 782 g/mol. The normalized spacial score (nSPS) is 19.9. The fourth-order valence-corrected chi connectivity index (χ4v) is 12.9. The summed E-state index contributed by atoms with van der Waals surface area (Å²) in [6.07, 6.45) is 5.35. The van der Waals surface area contributed by atoms with Crippen molar-refractivity contribution in [3.63, 3.8) is 0 Å². The number of hydrogen-bond acceptors (Lipinski definition) is 1. The topological polar surface area (TPSA) is 3.24 Å². The van der Waals surface area contributed by atoms with Gasteiger partial charge in [0.25, 0.3) is 0 Å². The minimum atomic E-state index is -0.103. The van der Waals surface area contributed by atoms with E-state index in [4.69, 9.17) is 0 Å². The second-order valence-electron chi connectivity index (χ2n) is 18.9. The zero-order chi connectivity index (χ0) is 40.5. The van der Waals surface area contributed by atoms with Gasteiger partial charge in [0.1, 0.15) is 0 Å². The van der Waals surface area contributed by atoms with Crippen molar-refractivity contribution in [3.8, 4) is 44.5 Å². The largest absolute Gasteiger partial charge is 0.310 e. The van der Waals surface area contributed by atoms with Gasteiger partial charge in [-0.2, -0.15) is 0 Å². The van der Waals surface area contributed by atoms with E-state index in [0.29, 0.717) is 5.92 Å². The summed E-state index contributed by atoms with van der Waals surface area (Å²) in [5.41, 5.74) is 20.1. The third kappa shape index (κ3) is 5.01. The highest BCUT2D eigenvalue weighted by Crippen LogP contribution is 2.66. The molecule has 0 aromatic heterocycles. The Morgan fingerprint density at radius 3 is 1.92 bits per heavy atom. The molecule has 0 radical (unpaired) electrons. The Morgan fingerprint density at radius 1 is 0.426 bits per heavy atom. The van der Waals surface area contributed by atoms with Crippen molar-refractivity contribution in [1.82, 2.24) is 0 Å². The van der Waals surface area contributed by atoms with Crippen molar-refractivity contribution in [3.05, 3.63) is 210 Å². The Bertz CT molecular complexity index is 3260. The Morgan fingerprint density at radius 2 is 1.08 bits per heavy atom. The van der Waals surface area contributed by atoms with Gasteiger partial charge in [-0.05, 0) is 162 Å². The van der Waals surface area contributed by atoms with Gasteiger partial charge < -0.3 is 4.90 Å². The van der Waals surface area contributed by atoms with Crippen LogP contribution in [0.3, 0.4) is 0 Å². The molecule has 9 aromatic rings. The molecular formula is C60H47N. The van der Waals surface area contributed by atoms with Gasteiger partial charge in [0.05, 0.1) is 0 Å². The second kappa shape index (κ2) is 12.9. The van der Waals surface area contributed by atoms with Gasteiger partial charge in [0, 0.05) is 27.9 Å². The molecule has 2 bridgehead atoms. The van der Waals surface area contributed by atoms with Crippen LogP contribution in [0.2, 0.25) is 0 Å². The van der Waals surface area contributed by atoms with Crippen molar-refractivity contribution >= 4 is 38.6 Å². The van der Waals surface area contributed by atoms with Crippen LogP contribution in [0, 0.1) is 11.8 Å². The van der Waals surface area contributed by atoms with Crippen molar-refractivity contribution < 1.29 is 0 Å². The second-order valence-corrected chi connectivity index (χ2v) is 18.9. The lowest BCUT2D eigenvalue weighted by molar-refractivity contribution is 0.327. The molecule has 13 rings (SSSR count). The zero-order valence-corrected chi connectivity index (χ0v) is 34.8. The number of rotatable bonds is 5. The van der Waals surface area contributed by atoms with Crippen molar-refractivity contribution in [2.75, 3.05) is 4.90 Å². The standard InChI is InChI=1S/C60H47N/c1-59(2)55-19-7-5-16-52(55)54-18-10-17-50(58(54)59)42-12-9-13-46(35-42)61(45-28-24-39(25-29-45)41-26-31-49-43(34-41)23-22-40-11-3-4-14-48(40)49)47-30-32-53-51-15-6-8-20-56(51)60(57(53)36-47)37-38-21-27-44(60)33-38/h3-20,22-26,28-32,34-36,38,44H,21,27,33,37H2,1-2H3. The lowest BCUT2D eigenvalue weighted by Gasteiger charge is -2.37. The number of benzene rings is 9. The van der Waals surface area contributed by atoms with E-state index in [1.54, 1.807) is 11.1 Å². The first-order valence-electron chi connectivity index (χ1n) is 22.4. The van der Waals surface area contributed by atoms with E-state index in [0.717, 1.165) is 11.6 Å². The van der Waals surface area contributed by atoms with Crippen molar-refractivity contribution in [2.24, 2.45) is 11.8 Å². The van der Waals surface area contributed by atoms with Gasteiger partial charge in [-0.3, -0.25) is 0 Å². The number of anilines is 3. The van der Waals surface area contributed by atoms with Crippen LogP contribution in [0.15, 0.2) is 188 Å². The maximum absolute atomic E-state index is 2.59. The Labute approximate surface area is 359 Å². The number of fused-ring (bicyclic) bond motifs is 14. The summed E-state index contributed by atoms with van der Waals surface area (Å²) < 4.78 is 0. The third-order valence-electron chi connectivity index (χ3n) is 15.5. The van der Waals surface area contributed by atoms with E-state index in [-0.39, 0.29) is 10.8 Å². The van der Waals surface area contributed by atoms with Crippen LogP contribution in [0.5, 0.6) is 0 Å². The monoisotopic (exact) mass is 781 g/mol. The van der Waals surface area contributed by atoms with Gasteiger partial charge in [0.15, 0.2) is 0 Å². The maximum atomic E-state index is 2.59. The minimum Gasteiger partial charge on any atom is -0.310 e. The highest BCUT2D eigenvalue weighted by atomic mass is 15.1. The molecule has 292 valence electrons. The van der Waals surface area contributed by atoms with Crippen LogP contribution in [0.25, 0.3) is 66.1 Å². The molecule has 2 saturated carbocycles. The summed E-state index contributed by atoms with van der Waals surface area (Å²) in [4.78, 5) is 2.52. The molecule has 0 saturated heterocycles. The first-order valence-corrected chi connectivity index (χ1v) is 22.4. The summed E-state index contributed by atoms with van der Waals surface area (Å²) in [6.45, 7) is 4.79. The van der Waals surface area contributed by atoms with E-state index in [1.807, 2.05) is 0 Å². The smallest absolute Gasteiger partial charge is 0.0467 e. The van der Waals surface area contributed by atoms with Gasteiger partial charge in [-0.25, -0.2) is 0 Å². The van der Waals surface area contributed by atoms with E-state index < -0.39 is 0 Å². The average Bonchev–Trinajstić information content (AvgIpc) is 4.06. The van der Waals surface area contributed by atoms with Crippen LogP contribution < -0.4 is 4.90 Å².